The lowest BCUT2D eigenvalue weighted by atomic mass is 10.1. The summed E-state index contributed by atoms with van der Waals surface area (Å²) in [5.74, 6) is 0.256. The molecule has 102 valence electrons. The molecule has 0 radical (unpaired) electrons. The highest BCUT2D eigenvalue weighted by Gasteiger charge is 2.29. The largest absolute Gasteiger partial charge is 0.410 e. The van der Waals surface area contributed by atoms with Gasteiger partial charge in [0, 0.05) is 16.8 Å². The summed E-state index contributed by atoms with van der Waals surface area (Å²) >= 11 is 5.98. The number of fused-ring (bicyclic) bond motifs is 4. The second kappa shape index (κ2) is 4.13. The standard InChI is InChI=1S/C14H7ClN4O2/c15-7-3-4-10-9(6-7)11(18-21)13-17-12-8(2-1-5-16-12)14(20)19(10)13/h1-6,21H/b18-11+. The fourth-order valence-corrected chi connectivity index (χ4v) is 2.69. The first-order valence-electron chi connectivity index (χ1n) is 6.11. The first kappa shape index (κ1) is 12.0. The maximum absolute atomic E-state index is 12.6. The van der Waals surface area contributed by atoms with Crippen molar-refractivity contribution in [3.8, 4) is 5.69 Å². The van der Waals surface area contributed by atoms with Crippen molar-refractivity contribution in [1.29, 1.82) is 0 Å². The van der Waals surface area contributed by atoms with E-state index in [4.69, 9.17) is 11.6 Å². The molecule has 0 fully saturated rings. The van der Waals surface area contributed by atoms with Crippen molar-refractivity contribution in [2.75, 3.05) is 0 Å². The van der Waals surface area contributed by atoms with Gasteiger partial charge in [0.15, 0.2) is 17.2 Å². The van der Waals surface area contributed by atoms with Gasteiger partial charge in [0.1, 0.15) is 0 Å². The summed E-state index contributed by atoms with van der Waals surface area (Å²) in [4.78, 5) is 21.1. The van der Waals surface area contributed by atoms with Gasteiger partial charge in [-0.05, 0) is 30.3 Å². The first-order chi connectivity index (χ1) is 10.2. The molecule has 3 aromatic rings. The van der Waals surface area contributed by atoms with Crippen LogP contribution in [0.4, 0.5) is 0 Å². The molecule has 1 aliphatic heterocycles. The molecule has 0 bridgehead atoms. The SMILES string of the molecule is O=c1c2cccnc2nc2n1-c1ccc(Cl)cc1/C2=N\O. The summed E-state index contributed by atoms with van der Waals surface area (Å²) in [6.45, 7) is 0. The van der Waals surface area contributed by atoms with Gasteiger partial charge in [-0.1, -0.05) is 16.8 Å². The fourth-order valence-electron chi connectivity index (χ4n) is 2.51. The third kappa shape index (κ3) is 1.53. The van der Waals surface area contributed by atoms with Crippen molar-refractivity contribution in [3.05, 3.63) is 63.3 Å². The molecule has 0 saturated carbocycles. The zero-order chi connectivity index (χ0) is 14.6. The molecule has 3 heterocycles. The Kier molecular flexibility index (Phi) is 2.37. The van der Waals surface area contributed by atoms with Crippen LogP contribution in [0.1, 0.15) is 11.4 Å². The molecule has 21 heavy (non-hydrogen) atoms. The summed E-state index contributed by atoms with van der Waals surface area (Å²) in [6.07, 6.45) is 1.56. The maximum atomic E-state index is 12.6. The summed E-state index contributed by atoms with van der Waals surface area (Å²) in [7, 11) is 0. The third-order valence-electron chi connectivity index (χ3n) is 3.41. The molecule has 0 spiro atoms. The summed E-state index contributed by atoms with van der Waals surface area (Å²) in [5.41, 5.74) is 1.41. The lowest BCUT2D eigenvalue weighted by molar-refractivity contribution is 0.319. The number of halogens is 1. The summed E-state index contributed by atoms with van der Waals surface area (Å²) in [6, 6.07) is 8.35. The highest BCUT2D eigenvalue weighted by molar-refractivity contribution is 6.31. The predicted molar refractivity (Wildman–Crippen MR) is 77.6 cm³/mol. The molecule has 0 amide bonds. The van der Waals surface area contributed by atoms with E-state index in [1.807, 2.05) is 0 Å². The van der Waals surface area contributed by atoms with Gasteiger partial charge in [0.2, 0.25) is 0 Å². The molecule has 0 saturated heterocycles. The van der Waals surface area contributed by atoms with Gasteiger partial charge in [-0.25, -0.2) is 9.97 Å². The number of hydrogen-bond donors (Lipinski definition) is 1. The van der Waals surface area contributed by atoms with Gasteiger partial charge >= 0.3 is 0 Å². The second-order valence-electron chi connectivity index (χ2n) is 4.56. The Hall–Kier alpha value is -2.73. The van der Waals surface area contributed by atoms with Crippen LogP contribution in [0.3, 0.4) is 0 Å². The Balaban J connectivity index is 2.21. The van der Waals surface area contributed by atoms with Crippen LogP contribution in [0.5, 0.6) is 0 Å². The van der Waals surface area contributed by atoms with Crippen molar-refractivity contribution < 1.29 is 5.21 Å². The number of benzene rings is 1. The fraction of sp³-hybridized carbons (Fsp3) is 0. The topological polar surface area (TPSA) is 80.4 Å². The molecular formula is C14H7ClN4O2. The van der Waals surface area contributed by atoms with Crippen LogP contribution in [0.15, 0.2) is 46.5 Å². The normalized spacial score (nSPS) is 14.4. The van der Waals surface area contributed by atoms with Gasteiger partial charge < -0.3 is 5.21 Å². The third-order valence-corrected chi connectivity index (χ3v) is 3.65. The van der Waals surface area contributed by atoms with E-state index in [-0.39, 0.29) is 17.1 Å². The molecule has 1 aromatic carbocycles. The van der Waals surface area contributed by atoms with Crippen LogP contribution in [-0.2, 0) is 0 Å². The van der Waals surface area contributed by atoms with Crippen molar-refractivity contribution in [2.24, 2.45) is 5.16 Å². The maximum Gasteiger partial charge on any atom is 0.267 e. The van der Waals surface area contributed by atoms with Gasteiger partial charge in [-0.3, -0.25) is 9.36 Å². The van der Waals surface area contributed by atoms with E-state index < -0.39 is 0 Å². The van der Waals surface area contributed by atoms with Gasteiger partial charge in [-0.2, -0.15) is 0 Å². The average Bonchev–Trinajstić information content (AvgIpc) is 2.80. The molecule has 2 aromatic heterocycles. The molecule has 6 nitrogen and oxygen atoms in total. The smallest absolute Gasteiger partial charge is 0.267 e. The van der Waals surface area contributed by atoms with Crippen molar-refractivity contribution >= 4 is 28.3 Å². The van der Waals surface area contributed by atoms with E-state index in [9.17, 15) is 10.0 Å². The zero-order valence-corrected chi connectivity index (χ0v) is 11.2. The van der Waals surface area contributed by atoms with E-state index in [2.05, 4.69) is 15.1 Å². The first-order valence-corrected chi connectivity index (χ1v) is 6.49. The predicted octanol–water partition coefficient (Wildman–Crippen LogP) is 1.97. The van der Waals surface area contributed by atoms with Crippen molar-refractivity contribution in [3.63, 3.8) is 0 Å². The lowest BCUT2D eigenvalue weighted by Crippen LogP contribution is -2.22. The number of nitrogens with zero attached hydrogens (tertiary/aromatic N) is 4. The van der Waals surface area contributed by atoms with Crippen LogP contribution in [-0.4, -0.2) is 25.5 Å². The molecule has 1 aliphatic rings. The van der Waals surface area contributed by atoms with E-state index >= 15 is 0 Å². The van der Waals surface area contributed by atoms with Crippen LogP contribution < -0.4 is 5.56 Å². The molecule has 0 unspecified atom stereocenters. The lowest BCUT2D eigenvalue weighted by Gasteiger charge is -2.04. The average molecular weight is 299 g/mol. The molecule has 1 N–H and O–H groups in total. The summed E-state index contributed by atoms with van der Waals surface area (Å²) < 4.78 is 1.41. The molecule has 4 rings (SSSR count). The van der Waals surface area contributed by atoms with Crippen LogP contribution in [0.25, 0.3) is 16.7 Å². The Morgan fingerprint density at radius 2 is 2.14 bits per heavy atom. The molecular weight excluding hydrogens is 292 g/mol. The zero-order valence-electron chi connectivity index (χ0n) is 10.5. The number of rotatable bonds is 0. The van der Waals surface area contributed by atoms with E-state index in [0.29, 0.717) is 27.3 Å². The Morgan fingerprint density at radius 3 is 2.95 bits per heavy atom. The quantitative estimate of drug-likeness (QED) is 0.397. The minimum atomic E-state index is -0.259. The Labute approximate surface area is 123 Å². The van der Waals surface area contributed by atoms with E-state index in [1.165, 1.54) is 4.57 Å². The summed E-state index contributed by atoms with van der Waals surface area (Å²) in [5, 5.41) is 13.4. The number of oxime groups is 1. The monoisotopic (exact) mass is 298 g/mol. The van der Waals surface area contributed by atoms with Crippen LogP contribution in [0.2, 0.25) is 5.02 Å². The van der Waals surface area contributed by atoms with Crippen molar-refractivity contribution in [2.45, 2.75) is 0 Å². The molecule has 7 heteroatoms. The highest BCUT2D eigenvalue weighted by atomic mass is 35.5. The van der Waals surface area contributed by atoms with Crippen molar-refractivity contribution in [1.82, 2.24) is 14.5 Å². The number of hydrogen-bond acceptors (Lipinski definition) is 5. The van der Waals surface area contributed by atoms with Gasteiger partial charge in [-0.15, -0.1) is 0 Å². The van der Waals surface area contributed by atoms with E-state index in [0.717, 1.165) is 0 Å². The molecule has 0 atom stereocenters. The molecule has 0 aliphatic carbocycles. The Bertz CT molecular complexity index is 994. The highest BCUT2D eigenvalue weighted by Crippen LogP contribution is 2.28. The number of pyridine rings is 1. The van der Waals surface area contributed by atoms with E-state index in [1.54, 1.807) is 36.5 Å². The Morgan fingerprint density at radius 1 is 1.29 bits per heavy atom. The van der Waals surface area contributed by atoms with Gasteiger partial charge in [0.05, 0.1) is 11.1 Å². The van der Waals surface area contributed by atoms with Crippen LogP contribution in [0, 0.1) is 0 Å². The van der Waals surface area contributed by atoms with Gasteiger partial charge in [0.25, 0.3) is 5.56 Å². The second-order valence-corrected chi connectivity index (χ2v) is 5.00. The minimum Gasteiger partial charge on any atom is -0.410 e. The number of aromatic nitrogens is 3. The van der Waals surface area contributed by atoms with Crippen LogP contribution >= 0.6 is 11.6 Å². The minimum absolute atomic E-state index is 0.206.